The molecule has 0 radical (unpaired) electrons. The molecule has 0 saturated heterocycles. The quantitative estimate of drug-likeness (QED) is 0.142. The van der Waals surface area contributed by atoms with Crippen molar-refractivity contribution in [3.8, 4) is 57.2 Å². The van der Waals surface area contributed by atoms with E-state index in [-0.39, 0.29) is 34.7 Å². The van der Waals surface area contributed by atoms with Crippen LogP contribution in [0.15, 0.2) is 167 Å². The Labute approximate surface area is 337 Å². The largest absolute Gasteiger partial charge is 0.416 e. The Morgan fingerprint density at radius 2 is 0.667 bits per heavy atom. The first kappa shape index (κ1) is 35.3. The van der Waals surface area contributed by atoms with Crippen LogP contribution in [0.4, 0.5) is 17.6 Å². The van der Waals surface area contributed by atoms with Crippen LogP contribution in [0.3, 0.4) is 0 Å². The molecule has 0 saturated carbocycles. The second-order valence-electron chi connectivity index (χ2n) is 14.3. The van der Waals surface area contributed by atoms with Crippen LogP contribution in [0.25, 0.3) is 101 Å². The van der Waals surface area contributed by atoms with Crippen molar-refractivity contribution in [2.75, 3.05) is 0 Å². The monoisotopic (exact) mass is 796 g/mol. The van der Waals surface area contributed by atoms with Gasteiger partial charge in [-0.3, -0.25) is 0 Å². The normalized spacial score (nSPS) is 12.0. The maximum atomic E-state index is 13.4. The highest BCUT2D eigenvalue weighted by Crippen LogP contribution is 2.44. The van der Waals surface area contributed by atoms with E-state index in [1.807, 2.05) is 60.7 Å². The minimum Gasteiger partial charge on any atom is -0.416 e. The number of hydrogen-bond donors (Lipinski definition) is 0. The van der Waals surface area contributed by atoms with Crippen molar-refractivity contribution in [3.63, 3.8) is 0 Å². The topological polar surface area (TPSA) is 87.7 Å². The van der Waals surface area contributed by atoms with Gasteiger partial charge in [0, 0.05) is 43.8 Å². The van der Waals surface area contributed by atoms with E-state index in [9.17, 15) is 17.6 Å². The Hall–Kier alpha value is -7.86. The molecule has 60 heavy (non-hydrogen) atoms. The van der Waals surface area contributed by atoms with E-state index in [1.54, 1.807) is 0 Å². The van der Waals surface area contributed by atoms with Crippen molar-refractivity contribution in [3.05, 3.63) is 169 Å². The first-order valence-corrected chi connectivity index (χ1v) is 19.0. The number of para-hydroxylation sites is 4. The van der Waals surface area contributed by atoms with Gasteiger partial charge < -0.3 is 18.0 Å². The zero-order valence-corrected chi connectivity index (χ0v) is 31.2. The molecular weight excluding hydrogens is 769 g/mol. The van der Waals surface area contributed by atoms with Gasteiger partial charge in [0.2, 0.25) is 23.6 Å². The summed E-state index contributed by atoms with van der Waals surface area (Å²) in [4.78, 5) is 0. The molecule has 7 aromatic carbocycles. The van der Waals surface area contributed by atoms with Gasteiger partial charge in [-0.2, -0.15) is 0 Å². The summed E-state index contributed by atoms with van der Waals surface area (Å²) in [5.74, 6) is 0.448. The van der Waals surface area contributed by atoms with E-state index >= 15 is 0 Å². The zero-order chi connectivity index (χ0) is 40.5. The molecule has 8 nitrogen and oxygen atoms in total. The molecule has 11 rings (SSSR count). The molecule has 0 N–H and O–H groups in total. The molecule has 0 aliphatic rings. The molecule has 4 aromatic heterocycles. The van der Waals surface area contributed by atoms with Crippen LogP contribution < -0.4 is 0 Å². The van der Waals surface area contributed by atoms with Crippen LogP contribution in [0.2, 0.25) is 0 Å². The Morgan fingerprint density at radius 3 is 0.983 bits per heavy atom. The lowest BCUT2D eigenvalue weighted by Crippen LogP contribution is -2.05. The summed E-state index contributed by atoms with van der Waals surface area (Å²) >= 11 is 0. The highest BCUT2D eigenvalue weighted by Gasteiger charge is 2.27. The SMILES string of the molecule is FC(F)c1ccc(-c2nnc(-c3cc(-n4c5ccccc5c5ccccc54)c(-n4c5ccccc5c5ccccc54)cc3-c3nnc(-c4ccc(C(F)F)cc4)o3)o2)cc1. The maximum Gasteiger partial charge on any atom is 0.263 e. The van der Waals surface area contributed by atoms with Gasteiger partial charge in [-0.15, -0.1) is 20.4 Å². The third-order valence-corrected chi connectivity index (χ3v) is 10.9. The molecule has 0 amide bonds. The fourth-order valence-corrected chi connectivity index (χ4v) is 8.09. The smallest absolute Gasteiger partial charge is 0.263 e. The van der Waals surface area contributed by atoms with Gasteiger partial charge in [0.25, 0.3) is 12.9 Å². The average Bonchev–Trinajstić information content (AvgIpc) is 4.10. The highest BCUT2D eigenvalue weighted by atomic mass is 19.3. The van der Waals surface area contributed by atoms with Gasteiger partial charge >= 0.3 is 0 Å². The molecular formula is C48H28F4N6O2. The van der Waals surface area contributed by atoms with E-state index in [1.165, 1.54) is 48.5 Å². The lowest BCUT2D eigenvalue weighted by atomic mass is 10.0. The number of rotatable bonds is 8. The minimum atomic E-state index is -2.63. The predicted octanol–water partition coefficient (Wildman–Crippen LogP) is 13.2. The van der Waals surface area contributed by atoms with Crippen LogP contribution in [0, 0.1) is 0 Å². The third-order valence-electron chi connectivity index (χ3n) is 10.9. The molecule has 4 heterocycles. The van der Waals surface area contributed by atoms with Gasteiger partial charge in [-0.1, -0.05) is 97.1 Å². The number of benzene rings is 7. The number of hydrogen-bond acceptors (Lipinski definition) is 6. The molecule has 0 fully saturated rings. The van der Waals surface area contributed by atoms with Gasteiger partial charge in [0.05, 0.1) is 44.6 Å². The van der Waals surface area contributed by atoms with Crippen molar-refractivity contribution in [2.45, 2.75) is 12.9 Å². The van der Waals surface area contributed by atoms with Gasteiger partial charge in [0.15, 0.2) is 0 Å². The fraction of sp³-hybridized carbons (Fsp3) is 0.0417. The molecule has 0 bridgehead atoms. The van der Waals surface area contributed by atoms with E-state index in [2.05, 4.69) is 78.1 Å². The van der Waals surface area contributed by atoms with Gasteiger partial charge in [-0.25, -0.2) is 17.6 Å². The van der Waals surface area contributed by atoms with E-state index < -0.39 is 12.9 Å². The molecule has 290 valence electrons. The molecule has 0 atom stereocenters. The average molecular weight is 797 g/mol. The number of fused-ring (bicyclic) bond motifs is 6. The molecule has 0 aliphatic heterocycles. The Morgan fingerprint density at radius 1 is 0.367 bits per heavy atom. The second-order valence-corrected chi connectivity index (χ2v) is 14.3. The van der Waals surface area contributed by atoms with Crippen LogP contribution in [0.1, 0.15) is 24.0 Å². The number of alkyl halides is 4. The van der Waals surface area contributed by atoms with Crippen LogP contribution in [-0.2, 0) is 0 Å². The van der Waals surface area contributed by atoms with E-state index in [4.69, 9.17) is 8.83 Å². The first-order valence-electron chi connectivity index (χ1n) is 19.0. The lowest BCUT2D eigenvalue weighted by Gasteiger charge is -2.19. The third kappa shape index (κ3) is 5.67. The van der Waals surface area contributed by atoms with E-state index in [0.29, 0.717) is 22.3 Å². The summed E-state index contributed by atoms with van der Waals surface area (Å²) in [5.41, 5.74) is 6.89. The standard InChI is InChI=1S/C48H28F4N6O2/c49-43(50)27-17-21-29(22-18-27)45-53-55-47(59-45)35-25-41(57-37-13-5-1-9-31(37)32-10-2-6-14-38(32)57)42(58-39-15-7-3-11-33(39)34-12-4-8-16-40(34)58)26-36(35)48-56-54-46(60-48)30-23-19-28(20-24-30)44(51)52/h1-26,43-44H. The molecule has 0 unspecified atom stereocenters. The summed E-state index contributed by atoms with van der Waals surface area (Å²) in [6.07, 6.45) is -5.26. The molecule has 0 aliphatic carbocycles. The van der Waals surface area contributed by atoms with Crippen LogP contribution in [-0.4, -0.2) is 29.5 Å². The van der Waals surface area contributed by atoms with Gasteiger partial charge in [0.1, 0.15) is 0 Å². The van der Waals surface area contributed by atoms with Gasteiger partial charge in [-0.05, 0) is 60.7 Å². The number of nitrogens with zero attached hydrogens (tertiary/aromatic N) is 6. The van der Waals surface area contributed by atoms with Crippen molar-refractivity contribution in [1.82, 2.24) is 29.5 Å². The summed E-state index contributed by atoms with van der Waals surface area (Å²) in [7, 11) is 0. The van der Waals surface area contributed by atoms with Crippen molar-refractivity contribution < 1.29 is 26.4 Å². The fourth-order valence-electron chi connectivity index (χ4n) is 8.09. The molecule has 12 heteroatoms. The predicted molar refractivity (Wildman–Crippen MR) is 222 cm³/mol. The Kier molecular flexibility index (Phi) is 8.19. The summed E-state index contributed by atoms with van der Waals surface area (Å²) in [6.45, 7) is 0. The van der Waals surface area contributed by atoms with Crippen molar-refractivity contribution >= 4 is 43.6 Å². The molecule has 0 spiro atoms. The van der Waals surface area contributed by atoms with Crippen LogP contribution in [0.5, 0.6) is 0 Å². The Balaban J connectivity index is 1.22. The maximum absolute atomic E-state index is 13.4. The summed E-state index contributed by atoms with van der Waals surface area (Å²) < 4.78 is 70.9. The highest BCUT2D eigenvalue weighted by molar-refractivity contribution is 6.12. The molecule has 11 aromatic rings. The number of aromatic nitrogens is 6. The second kappa shape index (κ2) is 13.9. The summed E-state index contributed by atoms with van der Waals surface area (Å²) in [5, 5.41) is 21.9. The Bertz CT molecular complexity index is 3070. The van der Waals surface area contributed by atoms with Crippen molar-refractivity contribution in [2.24, 2.45) is 0 Å². The first-order chi connectivity index (χ1) is 29.4. The lowest BCUT2D eigenvalue weighted by molar-refractivity contribution is 0.151. The van der Waals surface area contributed by atoms with E-state index in [0.717, 1.165) is 55.0 Å². The zero-order valence-electron chi connectivity index (χ0n) is 31.2. The number of halogens is 4. The summed E-state index contributed by atoms with van der Waals surface area (Å²) in [6, 6.07) is 48.1. The van der Waals surface area contributed by atoms with Crippen molar-refractivity contribution in [1.29, 1.82) is 0 Å². The van der Waals surface area contributed by atoms with Crippen LogP contribution >= 0.6 is 0 Å². The minimum absolute atomic E-state index is 0.106.